The van der Waals surface area contributed by atoms with Crippen LogP contribution in [0.4, 0.5) is 0 Å². The SMILES string of the molecule is CCc1[nH]c(C(=O)N2CCN(CCO)CC2)c(C)c1C(=O)OC. The van der Waals surface area contributed by atoms with Crippen LogP contribution in [0.25, 0.3) is 0 Å². The summed E-state index contributed by atoms with van der Waals surface area (Å²) in [6, 6.07) is 0. The maximum atomic E-state index is 12.8. The third-order valence-corrected chi connectivity index (χ3v) is 4.36. The fourth-order valence-corrected chi connectivity index (χ4v) is 2.99. The van der Waals surface area contributed by atoms with Gasteiger partial charge in [-0.15, -0.1) is 0 Å². The molecule has 0 bridgehead atoms. The summed E-state index contributed by atoms with van der Waals surface area (Å²) in [6.45, 7) is 7.20. The molecule has 1 aliphatic heterocycles. The topological polar surface area (TPSA) is 85.9 Å². The van der Waals surface area contributed by atoms with Crippen LogP contribution in [0.1, 0.15) is 39.0 Å². The molecule has 0 aliphatic carbocycles. The molecule has 0 radical (unpaired) electrons. The fourth-order valence-electron chi connectivity index (χ4n) is 2.99. The van der Waals surface area contributed by atoms with E-state index in [0.29, 0.717) is 42.9 Å². The Balaban J connectivity index is 2.17. The van der Waals surface area contributed by atoms with Gasteiger partial charge >= 0.3 is 5.97 Å². The van der Waals surface area contributed by atoms with Crippen molar-refractivity contribution in [3.05, 3.63) is 22.5 Å². The molecule has 0 atom stereocenters. The number of aromatic amines is 1. The summed E-state index contributed by atoms with van der Waals surface area (Å²) in [7, 11) is 1.34. The Bertz CT molecular complexity index is 574. The number of aliphatic hydroxyl groups excluding tert-OH is 1. The number of nitrogens with zero attached hydrogens (tertiary/aromatic N) is 2. The van der Waals surface area contributed by atoms with Crippen molar-refractivity contribution < 1.29 is 19.4 Å². The van der Waals surface area contributed by atoms with Gasteiger partial charge in [-0.25, -0.2) is 4.79 Å². The van der Waals surface area contributed by atoms with E-state index in [4.69, 9.17) is 9.84 Å². The van der Waals surface area contributed by atoms with Crippen molar-refractivity contribution >= 4 is 11.9 Å². The molecule has 128 valence electrons. The smallest absolute Gasteiger partial charge is 0.339 e. The van der Waals surface area contributed by atoms with Crippen LogP contribution in [-0.4, -0.2) is 78.2 Å². The van der Waals surface area contributed by atoms with Gasteiger partial charge in [-0.2, -0.15) is 0 Å². The largest absolute Gasteiger partial charge is 0.465 e. The summed E-state index contributed by atoms with van der Waals surface area (Å²) in [5.41, 5.74) is 2.32. The number of carbonyl (C=O) groups excluding carboxylic acids is 2. The number of esters is 1. The number of nitrogens with one attached hydrogen (secondary N) is 1. The summed E-state index contributed by atoms with van der Waals surface area (Å²) < 4.78 is 4.82. The van der Waals surface area contributed by atoms with E-state index in [-0.39, 0.29) is 12.5 Å². The van der Waals surface area contributed by atoms with Crippen molar-refractivity contribution in [3.63, 3.8) is 0 Å². The minimum absolute atomic E-state index is 0.0870. The molecule has 1 fully saturated rings. The molecule has 2 rings (SSSR count). The summed E-state index contributed by atoms with van der Waals surface area (Å²) in [5.74, 6) is -0.501. The van der Waals surface area contributed by atoms with Crippen LogP contribution in [0.15, 0.2) is 0 Å². The number of ether oxygens (including phenoxy) is 1. The quantitative estimate of drug-likeness (QED) is 0.767. The molecule has 7 heteroatoms. The number of β-amino-alcohol motifs (C(OH)–C–C–N with tert-alkyl or cyclic N) is 1. The highest BCUT2D eigenvalue weighted by molar-refractivity contribution is 6.00. The number of hydrogen-bond donors (Lipinski definition) is 2. The van der Waals surface area contributed by atoms with Crippen LogP contribution >= 0.6 is 0 Å². The minimum atomic E-state index is -0.414. The Morgan fingerprint density at radius 1 is 1.26 bits per heavy atom. The second kappa shape index (κ2) is 7.61. The number of aryl methyl sites for hydroxylation is 1. The van der Waals surface area contributed by atoms with Gasteiger partial charge in [0, 0.05) is 38.4 Å². The molecule has 1 amide bonds. The van der Waals surface area contributed by atoms with Crippen LogP contribution in [0.2, 0.25) is 0 Å². The summed E-state index contributed by atoms with van der Waals surface area (Å²) in [4.78, 5) is 31.7. The van der Waals surface area contributed by atoms with Crippen molar-refractivity contribution in [1.29, 1.82) is 0 Å². The number of carbonyl (C=O) groups is 2. The van der Waals surface area contributed by atoms with Crippen molar-refractivity contribution in [2.45, 2.75) is 20.3 Å². The molecule has 1 aromatic heterocycles. The number of piperazine rings is 1. The summed E-state index contributed by atoms with van der Waals surface area (Å²) in [6.07, 6.45) is 0.628. The zero-order valence-electron chi connectivity index (χ0n) is 14.0. The van der Waals surface area contributed by atoms with Crippen molar-refractivity contribution in [2.75, 3.05) is 46.4 Å². The van der Waals surface area contributed by atoms with E-state index in [1.54, 1.807) is 11.8 Å². The highest BCUT2D eigenvalue weighted by Crippen LogP contribution is 2.22. The second-order valence-electron chi connectivity index (χ2n) is 5.68. The molecule has 7 nitrogen and oxygen atoms in total. The first kappa shape index (κ1) is 17.5. The molecule has 23 heavy (non-hydrogen) atoms. The van der Waals surface area contributed by atoms with E-state index in [0.717, 1.165) is 18.8 Å². The average Bonchev–Trinajstić information content (AvgIpc) is 2.91. The highest BCUT2D eigenvalue weighted by Gasteiger charge is 2.28. The van der Waals surface area contributed by atoms with Crippen LogP contribution in [-0.2, 0) is 11.2 Å². The molecular formula is C16H25N3O4. The molecule has 1 aliphatic rings. The zero-order valence-corrected chi connectivity index (χ0v) is 14.0. The summed E-state index contributed by atoms with van der Waals surface area (Å²) >= 11 is 0. The molecule has 2 heterocycles. The van der Waals surface area contributed by atoms with Gasteiger partial charge in [0.2, 0.25) is 0 Å². The number of amides is 1. The first-order valence-corrected chi connectivity index (χ1v) is 7.95. The molecule has 1 aromatic rings. The minimum Gasteiger partial charge on any atom is -0.465 e. The van der Waals surface area contributed by atoms with E-state index < -0.39 is 5.97 Å². The van der Waals surface area contributed by atoms with Gasteiger partial charge in [0.25, 0.3) is 5.91 Å². The molecule has 0 spiro atoms. The number of rotatable bonds is 5. The Morgan fingerprint density at radius 3 is 2.43 bits per heavy atom. The Labute approximate surface area is 136 Å². The Morgan fingerprint density at radius 2 is 1.91 bits per heavy atom. The first-order chi connectivity index (χ1) is 11.0. The molecule has 2 N–H and O–H groups in total. The van der Waals surface area contributed by atoms with Crippen LogP contribution in [0.3, 0.4) is 0 Å². The van der Waals surface area contributed by atoms with Crippen LogP contribution in [0.5, 0.6) is 0 Å². The van der Waals surface area contributed by atoms with Crippen molar-refractivity contribution in [2.24, 2.45) is 0 Å². The van der Waals surface area contributed by atoms with Crippen molar-refractivity contribution in [3.8, 4) is 0 Å². The summed E-state index contributed by atoms with van der Waals surface area (Å²) in [5, 5.41) is 8.97. The third-order valence-electron chi connectivity index (χ3n) is 4.36. The first-order valence-electron chi connectivity index (χ1n) is 7.95. The third kappa shape index (κ3) is 3.56. The van der Waals surface area contributed by atoms with Gasteiger partial charge in [-0.1, -0.05) is 6.92 Å². The van der Waals surface area contributed by atoms with Crippen LogP contribution < -0.4 is 0 Å². The maximum absolute atomic E-state index is 12.8. The molecule has 1 saturated heterocycles. The second-order valence-corrected chi connectivity index (χ2v) is 5.68. The van der Waals surface area contributed by atoms with Crippen molar-refractivity contribution in [1.82, 2.24) is 14.8 Å². The maximum Gasteiger partial charge on any atom is 0.339 e. The number of hydrogen-bond acceptors (Lipinski definition) is 5. The highest BCUT2D eigenvalue weighted by atomic mass is 16.5. The van der Waals surface area contributed by atoms with E-state index in [1.807, 2.05) is 6.92 Å². The van der Waals surface area contributed by atoms with Gasteiger partial charge < -0.3 is 19.7 Å². The lowest BCUT2D eigenvalue weighted by Crippen LogP contribution is -2.49. The van der Waals surface area contributed by atoms with Gasteiger partial charge in [0.1, 0.15) is 5.69 Å². The number of aliphatic hydroxyl groups is 1. The predicted octanol–water partition coefficient (Wildman–Crippen LogP) is 0.422. The number of methoxy groups -OCH3 is 1. The molecule has 0 saturated carbocycles. The van der Waals surface area contributed by atoms with Gasteiger partial charge in [0.15, 0.2) is 0 Å². The Kier molecular flexibility index (Phi) is 5.79. The van der Waals surface area contributed by atoms with E-state index >= 15 is 0 Å². The fraction of sp³-hybridized carbons (Fsp3) is 0.625. The normalized spacial score (nSPS) is 15.7. The van der Waals surface area contributed by atoms with Gasteiger partial charge in [0.05, 0.1) is 19.3 Å². The molecular weight excluding hydrogens is 298 g/mol. The van der Waals surface area contributed by atoms with Gasteiger partial charge in [-0.3, -0.25) is 9.69 Å². The van der Waals surface area contributed by atoms with Crippen LogP contribution in [0, 0.1) is 6.92 Å². The monoisotopic (exact) mass is 323 g/mol. The lowest BCUT2D eigenvalue weighted by atomic mass is 10.1. The van der Waals surface area contributed by atoms with E-state index in [1.165, 1.54) is 7.11 Å². The lowest BCUT2D eigenvalue weighted by molar-refractivity contribution is 0.0598. The lowest BCUT2D eigenvalue weighted by Gasteiger charge is -2.34. The van der Waals surface area contributed by atoms with Gasteiger partial charge in [-0.05, 0) is 18.9 Å². The standard InChI is InChI=1S/C16H25N3O4/c1-4-12-13(16(22)23-3)11(2)14(17-12)15(21)19-7-5-18(6-8-19)9-10-20/h17,20H,4-10H2,1-3H3. The molecule has 0 unspecified atom stereocenters. The number of H-pyrrole nitrogens is 1. The Hall–Kier alpha value is -1.86. The zero-order chi connectivity index (χ0) is 17.0. The van der Waals surface area contributed by atoms with E-state index in [9.17, 15) is 9.59 Å². The number of aromatic nitrogens is 1. The molecule has 0 aromatic carbocycles. The van der Waals surface area contributed by atoms with E-state index in [2.05, 4.69) is 9.88 Å². The average molecular weight is 323 g/mol. The predicted molar refractivity (Wildman–Crippen MR) is 85.7 cm³/mol.